The molecule has 1 saturated heterocycles. The molecule has 29 heavy (non-hydrogen) atoms. The summed E-state index contributed by atoms with van der Waals surface area (Å²) in [6.07, 6.45) is 1.00. The van der Waals surface area contributed by atoms with Crippen LogP contribution < -0.4 is 5.32 Å². The number of anilines is 1. The minimum Gasteiger partial charge on any atom is -0.325 e. The van der Waals surface area contributed by atoms with Gasteiger partial charge < -0.3 is 5.32 Å². The van der Waals surface area contributed by atoms with Crippen LogP contribution in [0.3, 0.4) is 0 Å². The molecule has 1 N–H and O–H groups in total. The number of nitrogens with one attached hydrogen (secondary N) is 1. The first kappa shape index (κ1) is 21.8. The molecular weight excluding hydrogens is 408 g/mol. The molecule has 0 unspecified atom stereocenters. The summed E-state index contributed by atoms with van der Waals surface area (Å²) in [6.45, 7) is 6.85. The highest BCUT2D eigenvalue weighted by molar-refractivity contribution is 7.89. The molecule has 0 aliphatic carbocycles. The summed E-state index contributed by atoms with van der Waals surface area (Å²) in [5.74, 6) is 0.0626. The monoisotopic (exact) mass is 434 g/mol. The van der Waals surface area contributed by atoms with Crippen LogP contribution >= 0.6 is 11.6 Å². The molecule has 0 radical (unpaired) electrons. The lowest BCUT2D eigenvalue weighted by molar-refractivity contribution is -0.120. The number of para-hydroxylation sites is 1. The van der Waals surface area contributed by atoms with Gasteiger partial charge in [0.2, 0.25) is 15.9 Å². The highest BCUT2D eigenvalue weighted by Crippen LogP contribution is 2.30. The maximum atomic E-state index is 12.9. The van der Waals surface area contributed by atoms with Gasteiger partial charge >= 0.3 is 0 Å². The average Bonchev–Trinajstić information content (AvgIpc) is 2.69. The second-order valence-corrected chi connectivity index (χ2v) is 10.2. The number of aryl methyl sites for hydroxylation is 1. The predicted octanol–water partition coefficient (Wildman–Crippen LogP) is 4.81. The van der Waals surface area contributed by atoms with Crippen molar-refractivity contribution in [3.8, 4) is 0 Å². The quantitative estimate of drug-likeness (QED) is 0.734. The zero-order valence-corrected chi connectivity index (χ0v) is 18.6. The van der Waals surface area contributed by atoms with Crippen molar-refractivity contribution >= 4 is 33.2 Å². The van der Waals surface area contributed by atoms with Crippen molar-refractivity contribution in [3.63, 3.8) is 0 Å². The minimum atomic E-state index is -3.57. The van der Waals surface area contributed by atoms with Gasteiger partial charge in [-0.25, -0.2) is 8.42 Å². The zero-order valence-electron chi connectivity index (χ0n) is 17.0. The Bertz CT molecular complexity index is 980. The highest BCUT2D eigenvalue weighted by Gasteiger charge is 2.32. The molecule has 2 aromatic carbocycles. The molecule has 0 bridgehead atoms. The summed E-state index contributed by atoms with van der Waals surface area (Å²) in [4.78, 5) is 13.1. The van der Waals surface area contributed by atoms with E-state index < -0.39 is 10.0 Å². The zero-order chi connectivity index (χ0) is 21.2. The van der Waals surface area contributed by atoms with Crippen molar-refractivity contribution in [2.45, 2.75) is 44.4 Å². The number of carbonyl (C=O) groups is 1. The fraction of sp³-hybridized carbons (Fsp3) is 0.409. The number of nitrogens with zero attached hydrogens (tertiary/aromatic N) is 1. The molecule has 2 aromatic rings. The number of carbonyl (C=O) groups excluding carboxylic acids is 1. The molecule has 1 fully saturated rings. The molecule has 1 amide bonds. The third kappa shape index (κ3) is 4.82. The first-order valence-corrected chi connectivity index (χ1v) is 11.7. The predicted molar refractivity (Wildman–Crippen MR) is 117 cm³/mol. The first-order chi connectivity index (χ1) is 13.7. The first-order valence-electron chi connectivity index (χ1n) is 9.86. The lowest BCUT2D eigenvalue weighted by Crippen LogP contribution is -2.41. The van der Waals surface area contributed by atoms with Crippen LogP contribution in [-0.2, 0) is 14.8 Å². The lowest BCUT2D eigenvalue weighted by atomic mass is 9.95. The molecule has 1 aliphatic rings. The largest absolute Gasteiger partial charge is 0.325 e. The maximum Gasteiger partial charge on any atom is 0.243 e. The van der Waals surface area contributed by atoms with E-state index in [1.807, 2.05) is 25.1 Å². The van der Waals surface area contributed by atoms with Crippen molar-refractivity contribution in [2.75, 3.05) is 18.4 Å². The molecule has 5 nitrogen and oxygen atoms in total. The molecule has 0 atom stereocenters. The topological polar surface area (TPSA) is 66.5 Å². The third-order valence-corrected chi connectivity index (χ3v) is 7.62. The summed E-state index contributed by atoms with van der Waals surface area (Å²) in [6, 6.07) is 12.2. The number of hydrogen-bond acceptors (Lipinski definition) is 3. The van der Waals surface area contributed by atoms with E-state index in [-0.39, 0.29) is 16.7 Å². The van der Waals surface area contributed by atoms with Crippen molar-refractivity contribution < 1.29 is 13.2 Å². The molecule has 0 saturated carbocycles. The van der Waals surface area contributed by atoms with Crippen LogP contribution in [0.25, 0.3) is 0 Å². The van der Waals surface area contributed by atoms with Gasteiger partial charge in [-0.1, -0.05) is 43.6 Å². The number of piperidine rings is 1. The Balaban J connectivity index is 1.67. The van der Waals surface area contributed by atoms with Gasteiger partial charge in [-0.05, 0) is 61.1 Å². The van der Waals surface area contributed by atoms with Crippen LogP contribution in [0.4, 0.5) is 5.69 Å². The molecule has 156 valence electrons. The van der Waals surface area contributed by atoms with E-state index in [9.17, 15) is 13.2 Å². The van der Waals surface area contributed by atoms with E-state index in [2.05, 4.69) is 19.2 Å². The summed E-state index contributed by atoms with van der Waals surface area (Å²) in [5, 5.41) is 3.60. The Kier molecular flexibility index (Phi) is 6.66. The number of benzene rings is 2. The van der Waals surface area contributed by atoms with E-state index in [0.717, 1.165) is 16.8 Å². The third-order valence-electron chi connectivity index (χ3n) is 5.45. The van der Waals surface area contributed by atoms with Gasteiger partial charge in [0.15, 0.2) is 0 Å². The minimum absolute atomic E-state index is 0.0373. The number of sulfonamides is 1. The van der Waals surface area contributed by atoms with Gasteiger partial charge in [0.05, 0.1) is 4.90 Å². The molecule has 3 rings (SSSR count). The van der Waals surface area contributed by atoms with Crippen LogP contribution in [0.1, 0.15) is 43.7 Å². The number of rotatable bonds is 5. The SMILES string of the molecule is Cc1cccc(C(C)C)c1NC(=O)C1CCN(S(=O)(=O)c2ccc(Cl)cc2)CC1. The number of hydrogen-bond donors (Lipinski definition) is 1. The second kappa shape index (κ2) is 8.86. The van der Waals surface area contributed by atoms with Gasteiger partial charge in [-0.15, -0.1) is 0 Å². The van der Waals surface area contributed by atoms with Gasteiger partial charge in [0, 0.05) is 29.7 Å². The Labute approximate surface area is 178 Å². The number of amides is 1. The maximum absolute atomic E-state index is 12.9. The smallest absolute Gasteiger partial charge is 0.243 e. The number of halogens is 1. The highest BCUT2D eigenvalue weighted by atomic mass is 35.5. The van der Waals surface area contributed by atoms with Gasteiger partial charge in [-0.3, -0.25) is 4.79 Å². The fourth-order valence-electron chi connectivity index (χ4n) is 3.68. The van der Waals surface area contributed by atoms with E-state index >= 15 is 0 Å². The summed E-state index contributed by atoms with van der Waals surface area (Å²) >= 11 is 5.86. The fourth-order valence-corrected chi connectivity index (χ4v) is 5.28. The Morgan fingerprint density at radius 1 is 1.10 bits per heavy atom. The van der Waals surface area contributed by atoms with Crippen LogP contribution in [0, 0.1) is 12.8 Å². The van der Waals surface area contributed by atoms with E-state index in [1.54, 1.807) is 12.1 Å². The summed E-state index contributed by atoms with van der Waals surface area (Å²) in [7, 11) is -3.57. The molecule has 1 heterocycles. The van der Waals surface area contributed by atoms with Crippen LogP contribution in [0.2, 0.25) is 5.02 Å². The standard InChI is InChI=1S/C22H27ClN2O3S/c1-15(2)20-6-4-5-16(3)21(20)24-22(26)17-11-13-25(14-12-17)29(27,28)19-9-7-18(23)8-10-19/h4-10,15,17H,11-14H2,1-3H3,(H,24,26). The van der Waals surface area contributed by atoms with Gasteiger partial charge in [-0.2, -0.15) is 4.31 Å². The summed E-state index contributed by atoms with van der Waals surface area (Å²) < 4.78 is 27.1. The molecular formula is C22H27ClN2O3S. The second-order valence-electron chi connectivity index (χ2n) is 7.82. The van der Waals surface area contributed by atoms with Crippen molar-refractivity contribution in [1.82, 2.24) is 4.31 Å². The summed E-state index contributed by atoms with van der Waals surface area (Å²) in [5.41, 5.74) is 3.03. The van der Waals surface area contributed by atoms with Crippen molar-refractivity contribution in [1.29, 1.82) is 0 Å². The average molecular weight is 435 g/mol. The van der Waals surface area contributed by atoms with E-state index in [4.69, 9.17) is 11.6 Å². The van der Waals surface area contributed by atoms with Gasteiger partial charge in [0.1, 0.15) is 0 Å². The van der Waals surface area contributed by atoms with Crippen LogP contribution in [-0.4, -0.2) is 31.7 Å². The van der Waals surface area contributed by atoms with E-state index in [1.165, 1.54) is 16.4 Å². The Morgan fingerprint density at radius 2 is 1.72 bits per heavy atom. The van der Waals surface area contributed by atoms with Gasteiger partial charge in [0.25, 0.3) is 0 Å². The lowest BCUT2D eigenvalue weighted by Gasteiger charge is -2.31. The van der Waals surface area contributed by atoms with Crippen LogP contribution in [0.15, 0.2) is 47.4 Å². The van der Waals surface area contributed by atoms with Crippen molar-refractivity contribution in [2.24, 2.45) is 5.92 Å². The Morgan fingerprint density at radius 3 is 2.31 bits per heavy atom. The molecule has 7 heteroatoms. The van der Waals surface area contributed by atoms with Crippen molar-refractivity contribution in [3.05, 3.63) is 58.6 Å². The van der Waals surface area contributed by atoms with Crippen LogP contribution in [0.5, 0.6) is 0 Å². The van der Waals surface area contributed by atoms with E-state index in [0.29, 0.717) is 36.9 Å². The molecule has 1 aliphatic heterocycles. The molecule has 0 aromatic heterocycles. The normalized spacial score (nSPS) is 16.2. The Hall–Kier alpha value is -1.89. The molecule has 0 spiro atoms.